The maximum absolute atomic E-state index is 13.7. The molecule has 2 N–H and O–H groups in total. The molecule has 0 aliphatic carbocycles. The third kappa shape index (κ3) is 2.69. The minimum absolute atomic E-state index is 0.0880. The highest BCUT2D eigenvalue weighted by Crippen LogP contribution is 2.22. The molecule has 0 spiro atoms. The summed E-state index contributed by atoms with van der Waals surface area (Å²) in [4.78, 5) is 3.96. The highest BCUT2D eigenvalue weighted by molar-refractivity contribution is 6.30. The van der Waals surface area contributed by atoms with Crippen molar-refractivity contribution in [3.05, 3.63) is 58.6 Å². The van der Waals surface area contributed by atoms with E-state index in [0.29, 0.717) is 23.5 Å². The molecule has 0 unspecified atom stereocenters. The summed E-state index contributed by atoms with van der Waals surface area (Å²) in [6, 6.07) is 9.44. The molecule has 1 heterocycles. The predicted octanol–water partition coefficient (Wildman–Crippen LogP) is 3.79. The predicted molar refractivity (Wildman–Crippen MR) is 79.2 cm³/mol. The quantitative estimate of drug-likeness (QED) is 0.800. The van der Waals surface area contributed by atoms with Crippen molar-refractivity contribution in [2.75, 3.05) is 5.73 Å². The van der Waals surface area contributed by atoms with E-state index in [1.54, 1.807) is 16.7 Å². The van der Waals surface area contributed by atoms with Crippen molar-refractivity contribution in [2.24, 2.45) is 0 Å². The lowest BCUT2D eigenvalue weighted by atomic mass is 10.1. The van der Waals surface area contributed by atoms with Crippen molar-refractivity contribution in [3.8, 4) is 0 Å². The Morgan fingerprint density at radius 3 is 2.57 bits per heavy atom. The monoisotopic (exact) mass is 307 g/mol. The fourth-order valence-electron chi connectivity index (χ4n) is 2.29. The van der Waals surface area contributed by atoms with Gasteiger partial charge in [0.25, 0.3) is 0 Å². The molecule has 108 valence electrons. The van der Waals surface area contributed by atoms with E-state index in [0.717, 1.165) is 11.6 Å². The van der Waals surface area contributed by atoms with Gasteiger partial charge >= 0.3 is 0 Å². The molecule has 6 heteroatoms. The normalized spacial score (nSPS) is 11.2. The van der Waals surface area contributed by atoms with Gasteiger partial charge in [0, 0.05) is 23.7 Å². The summed E-state index contributed by atoms with van der Waals surface area (Å²) in [5.74, 6) is -1.18. The molecule has 0 aliphatic rings. The fraction of sp³-hybridized carbons (Fsp3) is 0.133. The van der Waals surface area contributed by atoms with Crippen molar-refractivity contribution in [1.82, 2.24) is 9.55 Å². The van der Waals surface area contributed by atoms with Gasteiger partial charge in [-0.2, -0.15) is 0 Å². The Balaban J connectivity index is 1.93. The number of hydrogen-bond donors (Lipinski definition) is 1. The molecule has 0 saturated carbocycles. The zero-order valence-electron chi connectivity index (χ0n) is 11.0. The molecule has 2 aromatic carbocycles. The van der Waals surface area contributed by atoms with Crippen LogP contribution < -0.4 is 5.73 Å². The van der Waals surface area contributed by atoms with Crippen LogP contribution in [0.3, 0.4) is 0 Å². The number of nitrogen functional groups attached to an aromatic ring is 1. The van der Waals surface area contributed by atoms with Crippen molar-refractivity contribution in [2.45, 2.75) is 13.0 Å². The number of hydrogen-bond acceptors (Lipinski definition) is 2. The van der Waals surface area contributed by atoms with Crippen molar-refractivity contribution < 1.29 is 8.78 Å². The van der Waals surface area contributed by atoms with Gasteiger partial charge in [-0.15, -0.1) is 0 Å². The van der Waals surface area contributed by atoms with Crippen LogP contribution in [0.4, 0.5) is 14.7 Å². The van der Waals surface area contributed by atoms with Gasteiger partial charge in [0.1, 0.15) is 11.3 Å². The van der Waals surface area contributed by atoms with Gasteiger partial charge in [-0.25, -0.2) is 13.8 Å². The lowest BCUT2D eigenvalue weighted by Crippen LogP contribution is -2.05. The highest BCUT2D eigenvalue weighted by Gasteiger charge is 2.13. The summed E-state index contributed by atoms with van der Waals surface area (Å²) in [7, 11) is 0. The van der Waals surface area contributed by atoms with Crippen molar-refractivity contribution >= 4 is 28.6 Å². The van der Waals surface area contributed by atoms with E-state index < -0.39 is 11.6 Å². The van der Waals surface area contributed by atoms with Crippen molar-refractivity contribution in [1.29, 1.82) is 0 Å². The summed E-state index contributed by atoms with van der Waals surface area (Å²) in [5, 5.41) is 0.662. The number of halogens is 3. The smallest absolute Gasteiger partial charge is 0.201 e. The molecule has 3 nitrogen and oxygen atoms in total. The van der Waals surface area contributed by atoms with Crippen molar-refractivity contribution in [3.63, 3.8) is 0 Å². The Morgan fingerprint density at radius 2 is 1.86 bits per heavy atom. The molecule has 21 heavy (non-hydrogen) atoms. The van der Waals surface area contributed by atoms with Crippen LogP contribution in [0.15, 0.2) is 36.4 Å². The number of rotatable bonds is 3. The molecule has 0 aliphatic heterocycles. The summed E-state index contributed by atoms with van der Waals surface area (Å²) in [5.41, 5.74) is 7.30. The first-order valence-electron chi connectivity index (χ1n) is 6.40. The number of nitrogens with zero attached hydrogens (tertiary/aromatic N) is 2. The van der Waals surface area contributed by atoms with Gasteiger partial charge in [-0.1, -0.05) is 23.7 Å². The van der Waals surface area contributed by atoms with E-state index in [1.807, 2.05) is 12.1 Å². The molecule has 0 bridgehead atoms. The average Bonchev–Trinajstić information content (AvgIpc) is 2.75. The van der Waals surface area contributed by atoms with Crippen LogP contribution >= 0.6 is 11.6 Å². The molecule has 0 fully saturated rings. The second-order valence-electron chi connectivity index (χ2n) is 4.75. The van der Waals surface area contributed by atoms with Gasteiger partial charge in [-0.3, -0.25) is 0 Å². The highest BCUT2D eigenvalue weighted by atomic mass is 35.5. The Labute approximate surface area is 125 Å². The van der Waals surface area contributed by atoms with E-state index in [-0.39, 0.29) is 11.5 Å². The Kier molecular flexibility index (Phi) is 3.51. The number of aromatic nitrogens is 2. The second-order valence-corrected chi connectivity index (χ2v) is 5.19. The van der Waals surface area contributed by atoms with E-state index in [4.69, 9.17) is 17.3 Å². The minimum Gasteiger partial charge on any atom is -0.369 e. The SMILES string of the molecule is Nc1nc2c(F)cc(F)cc2n1CCc1ccc(Cl)cc1. The fourth-order valence-corrected chi connectivity index (χ4v) is 2.42. The minimum atomic E-state index is -0.707. The van der Waals surface area contributed by atoms with Crippen LogP contribution in [0.5, 0.6) is 0 Å². The van der Waals surface area contributed by atoms with Crippen LogP contribution in [0.2, 0.25) is 5.02 Å². The first-order chi connectivity index (χ1) is 10.0. The van der Waals surface area contributed by atoms with Crippen LogP contribution in [-0.2, 0) is 13.0 Å². The molecule has 0 saturated heterocycles. The van der Waals surface area contributed by atoms with Gasteiger partial charge in [0.15, 0.2) is 5.82 Å². The average molecular weight is 308 g/mol. The molecular formula is C15H12ClF2N3. The largest absolute Gasteiger partial charge is 0.369 e. The van der Waals surface area contributed by atoms with E-state index >= 15 is 0 Å². The molecule has 3 rings (SSSR count). The third-order valence-electron chi connectivity index (χ3n) is 3.34. The Bertz CT molecular complexity index is 797. The second kappa shape index (κ2) is 5.33. The Morgan fingerprint density at radius 1 is 1.14 bits per heavy atom. The lowest BCUT2D eigenvalue weighted by Gasteiger charge is -2.07. The molecule has 0 atom stereocenters. The van der Waals surface area contributed by atoms with Crippen LogP contribution in [0.1, 0.15) is 5.56 Å². The summed E-state index contributed by atoms with van der Waals surface area (Å²) < 4.78 is 28.6. The number of anilines is 1. The summed E-state index contributed by atoms with van der Waals surface area (Å²) >= 11 is 5.83. The number of fused-ring (bicyclic) bond motifs is 1. The maximum atomic E-state index is 13.7. The van der Waals surface area contributed by atoms with Gasteiger partial charge in [0.2, 0.25) is 5.95 Å². The number of nitrogens with two attached hydrogens (primary N) is 1. The standard InChI is InChI=1S/C15H12ClF2N3/c16-10-3-1-9(2-4-10)5-6-21-13-8-11(17)7-12(18)14(13)20-15(21)19/h1-4,7-8H,5-6H2,(H2,19,20). The van der Waals surface area contributed by atoms with Crippen LogP contribution in [0, 0.1) is 11.6 Å². The number of imidazole rings is 1. The first-order valence-corrected chi connectivity index (χ1v) is 6.77. The molecular weight excluding hydrogens is 296 g/mol. The summed E-state index contributed by atoms with van der Waals surface area (Å²) in [6.45, 7) is 0.479. The van der Waals surface area contributed by atoms with Crippen LogP contribution in [-0.4, -0.2) is 9.55 Å². The van der Waals surface area contributed by atoms with Gasteiger partial charge < -0.3 is 10.3 Å². The lowest BCUT2D eigenvalue weighted by molar-refractivity contribution is 0.589. The zero-order valence-corrected chi connectivity index (χ0v) is 11.7. The topological polar surface area (TPSA) is 43.8 Å². The number of aryl methyl sites for hydroxylation is 2. The first kappa shape index (κ1) is 13.8. The van der Waals surface area contributed by atoms with Gasteiger partial charge in [-0.05, 0) is 24.1 Å². The van der Waals surface area contributed by atoms with E-state index in [9.17, 15) is 8.78 Å². The van der Waals surface area contributed by atoms with Gasteiger partial charge in [0.05, 0.1) is 5.52 Å². The Hall–Kier alpha value is -2.14. The summed E-state index contributed by atoms with van der Waals surface area (Å²) in [6.07, 6.45) is 0.658. The molecule has 0 radical (unpaired) electrons. The maximum Gasteiger partial charge on any atom is 0.201 e. The molecule has 1 aromatic heterocycles. The van der Waals surface area contributed by atoms with E-state index in [2.05, 4.69) is 4.98 Å². The third-order valence-corrected chi connectivity index (χ3v) is 3.59. The van der Waals surface area contributed by atoms with Crippen LogP contribution in [0.25, 0.3) is 11.0 Å². The van der Waals surface area contributed by atoms with E-state index in [1.165, 1.54) is 6.07 Å². The molecule has 0 amide bonds. The zero-order chi connectivity index (χ0) is 15.0. The number of benzene rings is 2. The molecule has 3 aromatic rings.